The van der Waals surface area contributed by atoms with E-state index in [1.165, 1.54) is 0 Å². The molecule has 2 fully saturated rings. The number of carbonyl (C=O) groups excluding carboxylic acids is 3. The summed E-state index contributed by atoms with van der Waals surface area (Å²) in [6, 6.07) is 0. The van der Waals surface area contributed by atoms with E-state index < -0.39 is 5.41 Å². The van der Waals surface area contributed by atoms with Crippen LogP contribution in [-0.2, 0) is 14.4 Å². The molecule has 5 atom stereocenters. The van der Waals surface area contributed by atoms with Crippen LogP contribution in [0.4, 0.5) is 0 Å². The first-order valence-electron chi connectivity index (χ1n) is 8.35. The molecule has 0 amide bonds. The van der Waals surface area contributed by atoms with Crippen molar-refractivity contribution in [1.82, 2.24) is 0 Å². The lowest BCUT2D eigenvalue weighted by molar-refractivity contribution is -0.145. The molecule has 3 heteroatoms. The van der Waals surface area contributed by atoms with Crippen LogP contribution in [0, 0.1) is 28.6 Å². The molecule has 22 heavy (non-hydrogen) atoms. The summed E-state index contributed by atoms with van der Waals surface area (Å²) in [4.78, 5) is 37.0. The van der Waals surface area contributed by atoms with Crippen LogP contribution in [-0.4, -0.2) is 17.3 Å². The number of allylic oxidation sites excluding steroid dienone is 4. The number of carbonyl (C=O) groups is 3. The summed E-state index contributed by atoms with van der Waals surface area (Å²) in [6.07, 6.45) is 9.11. The van der Waals surface area contributed by atoms with E-state index in [1.807, 2.05) is 6.92 Å². The molecule has 0 aromatic rings. The Labute approximate surface area is 130 Å². The number of hydrogen-bond acceptors (Lipinski definition) is 3. The largest absolute Gasteiger partial charge is 0.299 e. The Bertz CT molecular complexity index is 656. The van der Waals surface area contributed by atoms with Gasteiger partial charge in [-0.3, -0.25) is 14.4 Å². The number of hydrogen-bond donors (Lipinski definition) is 0. The van der Waals surface area contributed by atoms with E-state index in [2.05, 4.69) is 19.1 Å². The monoisotopic (exact) mass is 298 g/mol. The van der Waals surface area contributed by atoms with Crippen LogP contribution >= 0.6 is 0 Å². The molecular weight excluding hydrogens is 276 g/mol. The molecule has 0 aromatic carbocycles. The van der Waals surface area contributed by atoms with Crippen molar-refractivity contribution in [2.45, 2.75) is 46.0 Å². The lowest BCUT2D eigenvalue weighted by Gasteiger charge is -2.53. The van der Waals surface area contributed by atoms with Gasteiger partial charge in [-0.15, -0.1) is 0 Å². The second-order valence-electron chi connectivity index (χ2n) is 8.03. The molecule has 0 bridgehead atoms. The first kappa shape index (κ1) is 14.1. The molecule has 0 aromatic heterocycles. The maximum atomic E-state index is 13.0. The Morgan fingerprint density at radius 2 is 1.86 bits per heavy atom. The second kappa shape index (κ2) is 4.27. The fraction of sp³-hybridized carbons (Fsp3) is 0.632. The van der Waals surface area contributed by atoms with E-state index in [0.29, 0.717) is 19.3 Å². The summed E-state index contributed by atoms with van der Waals surface area (Å²) in [6.45, 7) is 4.14. The van der Waals surface area contributed by atoms with Gasteiger partial charge in [0.15, 0.2) is 5.78 Å². The summed E-state index contributed by atoms with van der Waals surface area (Å²) in [5, 5.41) is 0. The van der Waals surface area contributed by atoms with Gasteiger partial charge in [0.2, 0.25) is 0 Å². The van der Waals surface area contributed by atoms with Crippen molar-refractivity contribution in [2.75, 3.05) is 0 Å². The van der Waals surface area contributed by atoms with Gasteiger partial charge in [0.25, 0.3) is 0 Å². The third-order valence-corrected chi connectivity index (χ3v) is 6.93. The summed E-state index contributed by atoms with van der Waals surface area (Å²) in [7, 11) is 0. The molecule has 0 heterocycles. The minimum absolute atomic E-state index is 0.0548. The molecule has 2 saturated carbocycles. The SMILES string of the molecule is C[C@]12CCC(=O)C=C1C=C[C@@H]1[C@@H]2C(=O)C[C@]2(C)C(=O)CC[C@@H]12. The molecule has 0 N–H and O–H groups in total. The molecule has 0 aliphatic heterocycles. The molecule has 3 nitrogen and oxygen atoms in total. The van der Waals surface area contributed by atoms with Crippen LogP contribution in [0.2, 0.25) is 0 Å². The predicted molar refractivity (Wildman–Crippen MR) is 82.0 cm³/mol. The third kappa shape index (κ3) is 1.60. The standard InChI is InChI=1S/C19H22O3/c1-18-8-7-12(20)9-11(18)3-4-13-14-5-6-16(22)19(14,2)10-15(21)17(13)18/h3-4,9,13-14,17H,5-8,10H2,1-2H3/t13-,14-,17+,18-,19-/m0/s1. The highest BCUT2D eigenvalue weighted by Gasteiger charge is 2.61. The van der Waals surface area contributed by atoms with E-state index in [1.54, 1.807) is 6.08 Å². The lowest BCUT2D eigenvalue weighted by atomic mass is 9.49. The minimum Gasteiger partial charge on any atom is -0.299 e. The summed E-state index contributed by atoms with van der Waals surface area (Å²) in [5.74, 6) is 1.05. The number of ketones is 3. The van der Waals surface area contributed by atoms with Gasteiger partial charge in [-0.05, 0) is 36.3 Å². The average molecular weight is 298 g/mol. The van der Waals surface area contributed by atoms with Gasteiger partial charge in [-0.25, -0.2) is 0 Å². The zero-order valence-electron chi connectivity index (χ0n) is 13.2. The molecule has 4 rings (SSSR count). The summed E-state index contributed by atoms with van der Waals surface area (Å²) < 4.78 is 0. The van der Waals surface area contributed by atoms with Gasteiger partial charge in [-0.1, -0.05) is 26.0 Å². The highest BCUT2D eigenvalue weighted by molar-refractivity contribution is 5.97. The third-order valence-electron chi connectivity index (χ3n) is 6.93. The Balaban J connectivity index is 1.83. The average Bonchev–Trinajstić information content (AvgIpc) is 2.75. The van der Waals surface area contributed by atoms with E-state index in [0.717, 1.165) is 18.4 Å². The minimum atomic E-state index is -0.454. The highest BCUT2D eigenvalue weighted by atomic mass is 16.1. The number of fused-ring (bicyclic) bond motifs is 5. The fourth-order valence-corrected chi connectivity index (χ4v) is 5.61. The van der Waals surface area contributed by atoms with Crippen molar-refractivity contribution < 1.29 is 14.4 Å². The molecule has 4 aliphatic rings. The van der Waals surface area contributed by atoms with Crippen molar-refractivity contribution >= 4 is 17.3 Å². The fourth-order valence-electron chi connectivity index (χ4n) is 5.61. The Morgan fingerprint density at radius 3 is 2.64 bits per heavy atom. The van der Waals surface area contributed by atoms with Gasteiger partial charge in [0, 0.05) is 36.0 Å². The number of rotatable bonds is 0. The predicted octanol–water partition coefficient (Wildman–Crippen LogP) is 3.04. The lowest BCUT2D eigenvalue weighted by Crippen LogP contribution is -2.53. The van der Waals surface area contributed by atoms with Crippen LogP contribution in [0.3, 0.4) is 0 Å². The van der Waals surface area contributed by atoms with E-state index in [9.17, 15) is 14.4 Å². The molecule has 0 unspecified atom stereocenters. The zero-order chi connectivity index (χ0) is 15.7. The van der Waals surface area contributed by atoms with Gasteiger partial charge in [0.1, 0.15) is 11.6 Å². The van der Waals surface area contributed by atoms with Gasteiger partial charge < -0.3 is 0 Å². The molecule has 0 radical (unpaired) electrons. The molecular formula is C19H22O3. The van der Waals surface area contributed by atoms with E-state index in [-0.39, 0.29) is 40.5 Å². The van der Waals surface area contributed by atoms with Crippen LogP contribution in [0.15, 0.2) is 23.8 Å². The molecule has 116 valence electrons. The van der Waals surface area contributed by atoms with Crippen molar-refractivity contribution in [3.63, 3.8) is 0 Å². The maximum absolute atomic E-state index is 13.0. The van der Waals surface area contributed by atoms with E-state index in [4.69, 9.17) is 0 Å². The van der Waals surface area contributed by atoms with Crippen LogP contribution in [0.25, 0.3) is 0 Å². The number of Topliss-reactive ketones (excluding diaryl/α,β-unsaturated/α-hetero) is 2. The molecule has 0 saturated heterocycles. The summed E-state index contributed by atoms with van der Waals surface area (Å²) in [5.41, 5.74) is 0.341. The second-order valence-corrected chi connectivity index (χ2v) is 8.03. The van der Waals surface area contributed by atoms with Crippen molar-refractivity contribution in [2.24, 2.45) is 28.6 Å². The Kier molecular flexibility index (Phi) is 2.74. The van der Waals surface area contributed by atoms with Gasteiger partial charge in [0.05, 0.1) is 0 Å². The van der Waals surface area contributed by atoms with Crippen LogP contribution in [0.5, 0.6) is 0 Å². The first-order valence-corrected chi connectivity index (χ1v) is 8.35. The van der Waals surface area contributed by atoms with Crippen LogP contribution < -0.4 is 0 Å². The van der Waals surface area contributed by atoms with Crippen LogP contribution in [0.1, 0.15) is 46.0 Å². The maximum Gasteiger partial charge on any atom is 0.156 e. The zero-order valence-corrected chi connectivity index (χ0v) is 13.2. The Morgan fingerprint density at radius 1 is 1.09 bits per heavy atom. The van der Waals surface area contributed by atoms with Crippen molar-refractivity contribution in [3.8, 4) is 0 Å². The van der Waals surface area contributed by atoms with Crippen molar-refractivity contribution in [3.05, 3.63) is 23.8 Å². The topological polar surface area (TPSA) is 51.2 Å². The van der Waals surface area contributed by atoms with Gasteiger partial charge >= 0.3 is 0 Å². The van der Waals surface area contributed by atoms with Crippen molar-refractivity contribution in [1.29, 1.82) is 0 Å². The molecule has 0 spiro atoms. The first-order chi connectivity index (χ1) is 10.4. The summed E-state index contributed by atoms with van der Waals surface area (Å²) >= 11 is 0. The smallest absolute Gasteiger partial charge is 0.156 e. The normalized spacial score (nSPS) is 46.9. The van der Waals surface area contributed by atoms with E-state index >= 15 is 0 Å². The molecule has 4 aliphatic carbocycles. The highest BCUT2D eigenvalue weighted by Crippen LogP contribution is 2.61. The quantitative estimate of drug-likeness (QED) is 0.690. The Hall–Kier alpha value is -1.51. The van der Waals surface area contributed by atoms with Gasteiger partial charge in [-0.2, -0.15) is 0 Å².